The third-order valence-electron chi connectivity index (χ3n) is 9.83. The lowest BCUT2D eigenvalue weighted by Crippen LogP contribution is -2.66. The molecule has 0 aromatic carbocycles. The molecule has 308 valence electrons. The maximum Gasteiger partial charge on any atom is 0.465 e. The van der Waals surface area contributed by atoms with Gasteiger partial charge >= 0.3 is 69.3 Å². The molecule has 2 aliphatic carbocycles. The summed E-state index contributed by atoms with van der Waals surface area (Å²) in [5.74, 6) is -42.1. The van der Waals surface area contributed by atoms with Gasteiger partial charge in [0.1, 0.15) is 13.2 Å². The Morgan fingerprint density at radius 1 is 0.698 bits per heavy atom. The van der Waals surface area contributed by atoms with Crippen molar-refractivity contribution in [1.29, 1.82) is 0 Å². The number of carbonyl (C=O) groups is 3. The van der Waals surface area contributed by atoms with Gasteiger partial charge in [0, 0.05) is 11.3 Å². The summed E-state index contributed by atoms with van der Waals surface area (Å²) >= 11 is 0. The lowest BCUT2D eigenvalue weighted by Gasteiger charge is -2.54. The van der Waals surface area contributed by atoms with E-state index >= 15 is 0 Å². The monoisotopic (exact) mass is 836 g/mol. The number of carbonyl (C=O) groups excluding carboxylic acids is 3. The minimum Gasteiger partial charge on any atom is -0.460 e. The quantitative estimate of drug-likeness (QED) is 0.125. The Labute approximate surface area is 285 Å². The van der Waals surface area contributed by atoms with Gasteiger partial charge in [-0.15, -0.1) is 0 Å². The Morgan fingerprint density at radius 3 is 1.42 bits per heavy atom. The fraction of sp³-hybridized carbons (Fsp3) is 0.880. The lowest BCUT2D eigenvalue weighted by molar-refractivity contribution is -0.384. The van der Waals surface area contributed by atoms with Crippen LogP contribution >= 0.6 is 0 Å². The zero-order valence-corrected chi connectivity index (χ0v) is 27.2. The highest BCUT2D eigenvalue weighted by atomic mass is 32.2. The zero-order chi connectivity index (χ0) is 41.7. The molecule has 0 radical (unpaired) electrons. The Hall–Kier alpha value is -2.88. The van der Waals surface area contributed by atoms with Gasteiger partial charge in [-0.1, -0.05) is 20.8 Å². The number of esters is 3. The number of alkyl halides is 16. The molecule has 28 heteroatoms. The van der Waals surface area contributed by atoms with Crippen molar-refractivity contribution in [2.24, 2.45) is 22.2 Å². The van der Waals surface area contributed by atoms with Gasteiger partial charge in [-0.3, -0.25) is 4.55 Å². The molecule has 2 saturated carbocycles. The molecule has 1 spiro atoms. The van der Waals surface area contributed by atoms with E-state index in [1.54, 1.807) is 0 Å². The first kappa shape index (κ1) is 44.5. The molecule has 3 rings (SSSR count). The molecule has 11 nitrogen and oxygen atoms in total. The summed E-state index contributed by atoms with van der Waals surface area (Å²) in [6.45, 7) is -3.39. The third-order valence-corrected chi connectivity index (χ3v) is 10.6. The second-order valence-electron chi connectivity index (χ2n) is 13.2. The Balaban J connectivity index is 2.04. The maximum atomic E-state index is 14.2. The van der Waals surface area contributed by atoms with Crippen LogP contribution in [0.3, 0.4) is 0 Å². The van der Waals surface area contributed by atoms with E-state index in [0.29, 0.717) is 0 Å². The molecular formula is C25H24F16O11S. The molecule has 3 atom stereocenters. The molecule has 0 amide bonds. The average molecular weight is 836 g/mol. The summed E-state index contributed by atoms with van der Waals surface area (Å²) in [5.41, 5.74) is -5.91. The summed E-state index contributed by atoms with van der Waals surface area (Å²) < 4.78 is 268. The van der Waals surface area contributed by atoms with Gasteiger partial charge in [0.2, 0.25) is 5.79 Å². The first-order valence-electron chi connectivity index (χ1n) is 14.1. The second-order valence-corrected chi connectivity index (χ2v) is 14.7. The number of rotatable bonds is 11. The van der Waals surface area contributed by atoms with E-state index in [0.717, 1.165) is 0 Å². The summed E-state index contributed by atoms with van der Waals surface area (Å²) in [5, 5.41) is -5.66. The van der Waals surface area contributed by atoms with E-state index in [9.17, 15) is 93.0 Å². The van der Waals surface area contributed by atoms with Crippen LogP contribution in [0.1, 0.15) is 33.6 Å². The first-order valence-corrected chi connectivity index (χ1v) is 15.5. The number of ether oxygens (including phenoxy) is 5. The van der Waals surface area contributed by atoms with Crippen molar-refractivity contribution in [1.82, 2.24) is 0 Å². The highest BCUT2D eigenvalue weighted by Gasteiger charge is 2.81. The molecule has 3 fully saturated rings. The van der Waals surface area contributed by atoms with Gasteiger partial charge < -0.3 is 23.7 Å². The minimum atomic E-state index is -7.16. The van der Waals surface area contributed by atoms with Crippen molar-refractivity contribution in [3.63, 3.8) is 0 Å². The highest BCUT2D eigenvalue weighted by molar-refractivity contribution is 7.87. The molecule has 3 unspecified atom stereocenters. The molecule has 1 heterocycles. The van der Waals surface area contributed by atoms with E-state index in [1.165, 1.54) is 20.8 Å². The minimum absolute atomic E-state index is 0.0568. The van der Waals surface area contributed by atoms with Crippen LogP contribution in [-0.4, -0.2) is 110 Å². The van der Waals surface area contributed by atoms with E-state index in [1.807, 2.05) is 0 Å². The van der Waals surface area contributed by atoms with Crippen LogP contribution < -0.4 is 0 Å². The van der Waals surface area contributed by atoms with Gasteiger partial charge in [0.05, 0.1) is 18.6 Å². The van der Waals surface area contributed by atoms with E-state index in [2.05, 4.69) is 9.47 Å². The number of fused-ring (bicyclic) bond motifs is 3. The van der Waals surface area contributed by atoms with Crippen molar-refractivity contribution in [2.45, 2.75) is 86.8 Å². The van der Waals surface area contributed by atoms with E-state index in [4.69, 9.17) is 18.8 Å². The normalized spacial score (nSPS) is 26.3. The SMILES string of the molecule is CC1(C)C2CCC1(C)C1(OCC(COC(=O)C(F)(F)C(F)(F)C(F)(F)F)(COC(=O)C(F)(F)C(F)(F)C(F)(F)F)CO1)C2OC(=O)C(F)(F)S(=O)(=O)O. The predicted molar refractivity (Wildman–Crippen MR) is 132 cm³/mol. The van der Waals surface area contributed by atoms with Crippen LogP contribution in [0.25, 0.3) is 0 Å². The van der Waals surface area contributed by atoms with Crippen LogP contribution in [-0.2, 0) is 48.2 Å². The summed E-state index contributed by atoms with van der Waals surface area (Å²) in [4.78, 5) is 36.0. The predicted octanol–water partition coefficient (Wildman–Crippen LogP) is 5.32. The van der Waals surface area contributed by atoms with Gasteiger partial charge in [-0.05, 0) is 18.3 Å². The van der Waals surface area contributed by atoms with Crippen LogP contribution in [0, 0.1) is 22.2 Å². The fourth-order valence-electron chi connectivity index (χ4n) is 6.24. The Morgan fingerprint density at radius 2 is 1.08 bits per heavy atom. The van der Waals surface area contributed by atoms with Gasteiger partial charge in [0.15, 0.2) is 6.10 Å². The van der Waals surface area contributed by atoms with Crippen molar-refractivity contribution < 1.29 is 121 Å². The average Bonchev–Trinajstić information content (AvgIpc) is 3.30. The zero-order valence-electron chi connectivity index (χ0n) is 26.4. The molecular weight excluding hydrogens is 812 g/mol. The standard InChI is InChI=1S/C25H24F16O11S/c1-15(2)10-4-5-16(15,3)20(11(10)52-14(44)21(30,31)53(45,46)47)50-8-17(9-51-20,6-48-12(42)18(26,27)22(32,33)24(36,37)38)7-49-13(43)19(28,29)23(34,35)25(39,40)41/h10-11H,4-9H2,1-3H3,(H,45,46,47). The fourth-order valence-corrected chi connectivity index (χ4v) is 6.50. The summed E-state index contributed by atoms with van der Waals surface area (Å²) in [6.07, 6.45) is -16.6. The number of hydrogen-bond acceptors (Lipinski definition) is 10. The van der Waals surface area contributed by atoms with Crippen molar-refractivity contribution >= 4 is 28.0 Å². The third kappa shape index (κ3) is 6.44. The van der Waals surface area contributed by atoms with Crippen LogP contribution in [0.5, 0.6) is 0 Å². The van der Waals surface area contributed by atoms with Crippen molar-refractivity contribution in [2.75, 3.05) is 26.4 Å². The van der Waals surface area contributed by atoms with E-state index in [-0.39, 0.29) is 12.8 Å². The second kappa shape index (κ2) is 12.6. The molecule has 1 aliphatic heterocycles. The largest absolute Gasteiger partial charge is 0.465 e. The molecule has 0 aromatic rings. The van der Waals surface area contributed by atoms with Gasteiger partial charge in [0.25, 0.3) is 0 Å². The Bertz CT molecular complexity index is 1530. The first-order chi connectivity index (χ1) is 23.3. The molecule has 1 N–H and O–H groups in total. The number of halogens is 16. The molecule has 3 aliphatic rings. The molecule has 0 aromatic heterocycles. The van der Waals surface area contributed by atoms with Crippen molar-refractivity contribution in [3.05, 3.63) is 0 Å². The summed E-state index contributed by atoms with van der Waals surface area (Å²) in [7, 11) is -6.51. The van der Waals surface area contributed by atoms with Crippen LogP contribution in [0.2, 0.25) is 0 Å². The van der Waals surface area contributed by atoms with Gasteiger partial charge in [-0.25, -0.2) is 14.4 Å². The molecule has 1 saturated heterocycles. The molecule has 53 heavy (non-hydrogen) atoms. The van der Waals surface area contributed by atoms with E-state index < -0.39 is 130 Å². The maximum absolute atomic E-state index is 14.2. The van der Waals surface area contributed by atoms with Crippen molar-refractivity contribution in [3.8, 4) is 0 Å². The van der Waals surface area contributed by atoms with Crippen LogP contribution in [0.4, 0.5) is 70.2 Å². The number of hydrogen-bond donors (Lipinski definition) is 1. The van der Waals surface area contributed by atoms with Gasteiger partial charge in [-0.2, -0.15) is 78.7 Å². The van der Waals surface area contributed by atoms with Crippen LogP contribution in [0.15, 0.2) is 0 Å². The smallest absolute Gasteiger partial charge is 0.460 e. The Kier molecular flexibility index (Phi) is 10.6. The molecule has 2 bridgehead atoms. The summed E-state index contributed by atoms with van der Waals surface area (Å²) in [6, 6.07) is 0. The highest BCUT2D eigenvalue weighted by Crippen LogP contribution is 2.72. The topological polar surface area (TPSA) is 152 Å². The lowest BCUT2D eigenvalue weighted by atomic mass is 9.68.